The summed E-state index contributed by atoms with van der Waals surface area (Å²) < 4.78 is 0. The third-order valence-corrected chi connectivity index (χ3v) is 3.10. The standard InChI is InChI=1S/C12H15NO2/c1-12(2)4-3-9-8(5-12)6-13-7-10(9)11(14)15/h6-7H,3-5H2,1-2H3,(H,14,15). The zero-order valence-electron chi connectivity index (χ0n) is 9.08. The summed E-state index contributed by atoms with van der Waals surface area (Å²) in [5.74, 6) is -0.862. The minimum absolute atomic E-state index is 0.270. The van der Waals surface area contributed by atoms with Gasteiger partial charge in [-0.05, 0) is 35.8 Å². The van der Waals surface area contributed by atoms with Crippen LogP contribution in [0.3, 0.4) is 0 Å². The molecule has 3 nitrogen and oxygen atoms in total. The third kappa shape index (κ3) is 1.87. The minimum atomic E-state index is -0.862. The number of aromatic carboxylic acids is 1. The molecule has 0 saturated carbocycles. The van der Waals surface area contributed by atoms with E-state index in [-0.39, 0.29) is 5.41 Å². The van der Waals surface area contributed by atoms with Crippen LogP contribution < -0.4 is 0 Å². The molecule has 3 heteroatoms. The molecule has 1 N–H and O–H groups in total. The molecular formula is C12H15NO2. The lowest BCUT2D eigenvalue weighted by molar-refractivity contribution is 0.0694. The maximum absolute atomic E-state index is 11.0. The minimum Gasteiger partial charge on any atom is -0.478 e. The van der Waals surface area contributed by atoms with Gasteiger partial charge in [0.1, 0.15) is 0 Å². The first kappa shape index (κ1) is 10.1. The van der Waals surface area contributed by atoms with Gasteiger partial charge in [-0.3, -0.25) is 4.98 Å². The Morgan fingerprint density at radius 1 is 1.47 bits per heavy atom. The van der Waals surface area contributed by atoms with Crippen molar-refractivity contribution in [2.45, 2.75) is 33.1 Å². The van der Waals surface area contributed by atoms with E-state index in [1.54, 1.807) is 0 Å². The van der Waals surface area contributed by atoms with Gasteiger partial charge in [0.2, 0.25) is 0 Å². The van der Waals surface area contributed by atoms with Crippen molar-refractivity contribution >= 4 is 5.97 Å². The lowest BCUT2D eigenvalue weighted by Gasteiger charge is -2.31. The van der Waals surface area contributed by atoms with Crippen LogP contribution in [0.4, 0.5) is 0 Å². The first-order chi connectivity index (χ1) is 6.99. The van der Waals surface area contributed by atoms with Gasteiger partial charge in [-0.2, -0.15) is 0 Å². The van der Waals surface area contributed by atoms with Gasteiger partial charge in [-0.25, -0.2) is 4.79 Å². The van der Waals surface area contributed by atoms with Gasteiger partial charge < -0.3 is 5.11 Å². The predicted molar refractivity (Wildman–Crippen MR) is 57.0 cm³/mol. The van der Waals surface area contributed by atoms with E-state index in [2.05, 4.69) is 18.8 Å². The summed E-state index contributed by atoms with van der Waals surface area (Å²) in [6, 6.07) is 0. The number of hydrogen-bond donors (Lipinski definition) is 1. The summed E-state index contributed by atoms with van der Waals surface area (Å²) in [5.41, 5.74) is 2.73. The van der Waals surface area contributed by atoms with Crippen molar-refractivity contribution in [1.82, 2.24) is 4.98 Å². The quantitative estimate of drug-likeness (QED) is 0.765. The molecule has 1 aromatic heterocycles. The smallest absolute Gasteiger partial charge is 0.337 e. The van der Waals surface area contributed by atoms with Crippen molar-refractivity contribution < 1.29 is 9.90 Å². The monoisotopic (exact) mass is 205 g/mol. The van der Waals surface area contributed by atoms with Gasteiger partial charge in [0.25, 0.3) is 0 Å². The van der Waals surface area contributed by atoms with Gasteiger partial charge in [0, 0.05) is 12.4 Å². The number of pyridine rings is 1. The molecule has 2 rings (SSSR count). The van der Waals surface area contributed by atoms with Crippen LogP contribution in [0.25, 0.3) is 0 Å². The number of carbonyl (C=O) groups is 1. The molecule has 1 heterocycles. The molecule has 1 aromatic rings. The van der Waals surface area contributed by atoms with Crippen LogP contribution in [0.2, 0.25) is 0 Å². The van der Waals surface area contributed by atoms with E-state index in [0.29, 0.717) is 5.56 Å². The fraction of sp³-hybridized carbons (Fsp3) is 0.500. The molecule has 0 spiro atoms. The average Bonchev–Trinajstić information content (AvgIpc) is 2.14. The van der Waals surface area contributed by atoms with Crippen LogP contribution in [0.1, 0.15) is 41.8 Å². The second kappa shape index (κ2) is 3.33. The number of carboxylic acids is 1. The Labute approximate surface area is 89.2 Å². The third-order valence-electron chi connectivity index (χ3n) is 3.10. The van der Waals surface area contributed by atoms with E-state index in [0.717, 1.165) is 30.4 Å². The topological polar surface area (TPSA) is 50.2 Å². The van der Waals surface area contributed by atoms with Crippen molar-refractivity contribution in [3.05, 3.63) is 29.1 Å². The highest BCUT2D eigenvalue weighted by molar-refractivity contribution is 5.89. The van der Waals surface area contributed by atoms with Crippen LogP contribution in [-0.4, -0.2) is 16.1 Å². The van der Waals surface area contributed by atoms with Gasteiger partial charge in [-0.1, -0.05) is 13.8 Å². The number of carboxylic acid groups (broad SMARTS) is 1. The Morgan fingerprint density at radius 2 is 2.20 bits per heavy atom. The lowest BCUT2D eigenvalue weighted by atomic mass is 9.74. The molecule has 0 aliphatic heterocycles. The van der Waals surface area contributed by atoms with Crippen molar-refractivity contribution in [1.29, 1.82) is 0 Å². The molecule has 0 fully saturated rings. The summed E-state index contributed by atoms with van der Waals surface area (Å²) in [4.78, 5) is 15.0. The molecule has 0 radical (unpaired) electrons. The van der Waals surface area contributed by atoms with Gasteiger partial charge in [0.05, 0.1) is 5.56 Å². The predicted octanol–water partition coefficient (Wildman–Crippen LogP) is 2.29. The molecule has 0 aromatic carbocycles. The lowest BCUT2D eigenvalue weighted by Crippen LogP contribution is -2.24. The Morgan fingerprint density at radius 3 is 2.87 bits per heavy atom. The number of rotatable bonds is 1. The van der Waals surface area contributed by atoms with Crippen molar-refractivity contribution in [3.8, 4) is 0 Å². The Hall–Kier alpha value is -1.38. The van der Waals surface area contributed by atoms with Crippen molar-refractivity contribution in [3.63, 3.8) is 0 Å². The second-order valence-corrected chi connectivity index (χ2v) is 4.97. The summed E-state index contributed by atoms with van der Waals surface area (Å²) in [6.45, 7) is 4.42. The van der Waals surface area contributed by atoms with Crippen molar-refractivity contribution in [2.75, 3.05) is 0 Å². The zero-order chi connectivity index (χ0) is 11.1. The molecule has 0 amide bonds. The van der Waals surface area contributed by atoms with E-state index >= 15 is 0 Å². The largest absolute Gasteiger partial charge is 0.478 e. The second-order valence-electron chi connectivity index (χ2n) is 4.97. The molecule has 1 aliphatic rings. The van der Waals surface area contributed by atoms with Crippen LogP contribution in [-0.2, 0) is 12.8 Å². The highest BCUT2D eigenvalue weighted by atomic mass is 16.4. The van der Waals surface area contributed by atoms with Crippen LogP contribution >= 0.6 is 0 Å². The van der Waals surface area contributed by atoms with E-state index in [4.69, 9.17) is 5.11 Å². The highest BCUT2D eigenvalue weighted by Crippen LogP contribution is 2.35. The number of nitrogens with zero attached hydrogens (tertiary/aromatic N) is 1. The first-order valence-electron chi connectivity index (χ1n) is 5.19. The van der Waals surface area contributed by atoms with Gasteiger partial charge in [0.15, 0.2) is 0 Å². The number of fused-ring (bicyclic) bond motifs is 1. The molecular weight excluding hydrogens is 190 g/mol. The Bertz CT molecular complexity index is 410. The average molecular weight is 205 g/mol. The van der Waals surface area contributed by atoms with E-state index in [1.165, 1.54) is 6.20 Å². The normalized spacial score (nSPS) is 18.3. The first-order valence-corrected chi connectivity index (χ1v) is 5.19. The molecule has 1 aliphatic carbocycles. The highest BCUT2D eigenvalue weighted by Gasteiger charge is 2.28. The van der Waals surface area contributed by atoms with Crippen LogP contribution in [0.15, 0.2) is 12.4 Å². The molecule has 0 unspecified atom stereocenters. The Balaban J connectivity index is 2.47. The summed E-state index contributed by atoms with van der Waals surface area (Å²) in [6.07, 6.45) is 6.09. The number of aromatic nitrogens is 1. The zero-order valence-corrected chi connectivity index (χ0v) is 9.08. The molecule has 0 saturated heterocycles. The Kier molecular flexibility index (Phi) is 2.25. The number of hydrogen-bond acceptors (Lipinski definition) is 2. The van der Waals surface area contributed by atoms with Crippen molar-refractivity contribution in [2.24, 2.45) is 5.41 Å². The van der Waals surface area contributed by atoms with E-state index < -0.39 is 5.97 Å². The summed E-state index contributed by atoms with van der Waals surface area (Å²) >= 11 is 0. The summed E-state index contributed by atoms with van der Waals surface area (Å²) in [7, 11) is 0. The fourth-order valence-corrected chi connectivity index (χ4v) is 2.23. The fourth-order valence-electron chi connectivity index (χ4n) is 2.23. The van der Waals surface area contributed by atoms with Crippen LogP contribution in [0.5, 0.6) is 0 Å². The molecule has 15 heavy (non-hydrogen) atoms. The maximum atomic E-state index is 11.0. The SMILES string of the molecule is CC1(C)CCc2c(cncc2C(=O)O)C1. The molecule has 0 bridgehead atoms. The van der Waals surface area contributed by atoms with E-state index in [1.807, 2.05) is 6.20 Å². The van der Waals surface area contributed by atoms with Crippen LogP contribution in [0, 0.1) is 5.41 Å². The van der Waals surface area contributed by atoms with Gasteiger partial charge in [-0.15, -0.1) is 0 Å². The maximum Gasteiger partial charge on any atom is 0.337 e. The molecule has 80 valence electrons. The molecule has 0 atom stereocenters. The van der Waals surface area contributed by atoms with Gasteiger partial charge >= 0.3 is 5.97 Å². The summed E-state index contributed by atoms with van der Waals surface area (Å²) in [5, 5.41) is 9.03. The van der Waals surface area contributed by atoms with E-state index in [9.17, 15) is 4.79 Å².